The summed E-state index contributed by atoms with van der Waals surface area (Å²) in [6.45, 7) is 0.535. The molecule has 4 rings (SSSR count). The summed E-state index contributed by atoms with van der Waals surface area (Å²) in [4.78, 5) is 26.3. The van der Waals surface area contributed by atoms with Crippen molar-refractivity contribution in [1.29, 1.82) is 0 Å². The van der Waals surface area contributed by atoms with Crippen LogP contribution in [0.25, 0.3) is 0 Å². The van der Waals surface area contributed by atoms with Gasteiger partial charge in [0, 0.05) is 19.0 Å². The Kier molecular flexibility index (Phi) is 3.51. The highest BCUT2D eigenvalue weighted by Gasteiger charge is 2.47. The maximum atomic E-state index is 12.9. The summed E-state index contributed by atoms with van der Waals surface area (Å²) in [6, 6.07) is 7.84. The number of likely N-dealkylation sites (tertiary alicyclic amines) is 1. The first-order valence-electron chi connectivity index (χ1n) is 8.43. The highest BCUT2D eigenvalue weighted by Crippen LogP contribution is 2.41. The molecule has 1 N–H and O–H groups in total. The Balaban J connectivity index is 1.51. The number of amides is 1. The number of para-hydroxylation sites is 1. The average molecular weight is 315 g/mol. The second kappa shape index (κ2) is 5.55. The fourth-order valence-corrected chi connectivity index (χ4v) is 4.57. The second-order valence-electron chi connectivity index (χ2n) is 6.85. The number of carbonyl (C=O) groups is 2. The standard InChI is InChI=1S/C18H21NO4/c20-17(16-10-11-4-1-2-7-15(11)23-16)19-9-8-13(18(21)22)12-5-3-6-14(12)19/h1-2,4,7,12-14,16H,3,5-6,8-10H2,(H,21,22). The lowest BCUT2D eigenvalue weighted by atomic mass is 9.81. The zero-order chi connectivity index (χ0) is 16.0. The third-order valence-corrected chi connectivity index (χ3v) is 5.65. The highest BCUT2D eigenvalue weighted by molar-refractivity contribution is 5.83. The summed E-state index contributed by atoms with van der Waals surface area (Å²) in [7, 11) is 0. The zero-order valence-corrected chi connectivity index (χ0v) is 13.0. The van der Waals surface area contributed by atoms with Crippen LogP contribution in [-0.2, 0) is 16.0 Å². The van der Waals surface area contributed by atoms with E-state index in [0.29, 0.717) is 19.4 Å². The zero-order valence-electron chi connectivity index (χ0n) is 13.0. The van der Waals surface area contributed by atoms with Gasteiger partial charge in [0.25, 0.3) is 5.91 Å². The van der Waals surface area contributed by atoms with Crippen LogP contribution in [0, 0.1) is 11.8 Å². The van der Waals surface area contributed by atoms with E-state index in [0.717, 1.165) is 30.6 Å². The maximum Gasteiger partial charge on any atom is 0.306 e. The average Bonchev–Trinajstić information content (AvgIpc) is 3.19. The molecule has 1 amide bonds. The Morgan fingerprint density at radius 3 is 2.78 bits per heavy atom. The molecule has 1 saturated heterocycles. The van der Waals surface area contributed by atoms with E-state index >= 15 is 0 Å². The number of carboxylic acids is 1. The van der Waals surface area contributed by atoms with Gasteiger partial charge < -0.3 is 14.7 Å². The van der Waals surface area contributed by atoms with Crippen molar-refractivity contribution in [2.24, 2.45) is 11.8 Å². The molecule has 0 spiro atoms. The predicted molar refractivity (Wildman–Crippen MR) is 83.1 cm³/mol. The summed E-state index contributed by atoms with van der Waals surface area (Å²) in [5, 5.41) is 9.41. The molecule has 4 unspecified atom stereocenters. The van der Waals surface area contributed by atoms with Gasteiger partial charge >= 0.3 is 5.97 Å². The number of hydrogen-bond acceptors (Lipinski definition) is 3. The van der Waals surface area contributed by atoms with E-state index in [-0.39, 0.29) is 23.8 Å². The fraction of sp³-hybridized carbons (Fsp3) is 0.556. The monoisotopic (exact) mass is 315 g/mol. The molecule has 3 aliphatic rings. The quantitative estimate of drug-likeness (QED) is 0.907. The molecule has 1 aromatic carbocycles. The lowest BCUT2D eigenvalue weighted by Gasteiger charge is -2.41. The molecule has 2 aliphatic heterocycles. The van der Waals surface area contributed by atoms with Crippen LogP contribution in [-0.4, -0.2) is 40.6 Å². The number of carboxylic acid groups (broad SMARTS) is 1. The van der Waals surface area contributed by atoms with Crippen molar-refractivity contribution >= 4 is 11.9 Å². The van der Waals surface area contributed by atoms with Gasteiger partial charge in [-0.2, -0.15) is 0 Å². The van der Waals surface area contributed by atoms with Crippen LogP contribution < -0.4 is 4.74 Å². The molecule has 4 atom stereocenters. The van der Waals surface area contributed by atoms with Gasteiger partial charge in [0.15, 0.2) is 6.10 Å². The summed E-state index contributed by atoms with van der Waals surface area (Å²) in [5.41, 5.74) is 1.08. The molecule has 0 bridgehead atoms. The Hall–Kier alpha value is -2.04. The lowest BCUT2D eigenvalue weighted by molar-refractivity contribution is -0.153. The van der Waals surface area contributed by atoms with Crippen LogP contribution in [0.1, 0.15) is 31.2 Å². The molecule has 5 nitrogen and oxygen atoms in total. The Morgan fingerprint density at radius 1 is 1.17 bits per heavy atom. The van der Waals surface area contributed by atoms with E-state index < -0.39 is 12.1 Å². The van der Waals surface area contributed by atoms with Crippen molar-refractivity contribution < 1.29 is 19.4 Å². The summed E-state index contributed by atoms with van der Waals surface area (Å²) in [5.74, 6) is -0.0723. The van der Waals surface area contributed by atoms with E-state index in [1.807, 2.05) is 29.2 Å². The second-order valence-corrected chi connectivity index (χ2v) is 6.85. The molecule has 2 heterocycles. The number of fused-ring (bicyclic) bond motifs is 2. The number of ether oxygens (including phenoxy) is 1. The molecule has 0 radical (unpaired) electrons. The smallest absolute Gasteiger partial charge is 0.306 e. The molecule has 5 heteroatoms. The van der Waals surface area contributed by atoms with Crippen LogP contribution in [0.3, 0.4) is 0 Å². The number of hydrogen-bond donors (Lipinski definition) is 1. The van der Waals surface area contributed by atoms with Crippen LogP contribution in [0.5, 0.6) is 5.75 Å². The van der Waals surface area contributed by atoms with Gasteiger partial charge in [0.2, 0.25) is 0 Å². The molecule has 2 fully saturated rings. The first kappa shape index (κ1) is 14.5. The van der Waals surface area contributed by atoms with E-state index in [1.54, 1.807) is 0 Å². The van der Waals surface area contributed by atoms with Gasteiger partial charge in [-0.3, -0.25) is 9.59 Å². The van der Waals surface area contributed by atoms with Crippen molar-refractivity contribution in [3.63, 3.8) is 0 Å². The molecular weight excluding hydrogens is 294 g/mol. The van der Waals surface area contributed by atoms with Gasteiger partial charge in [-0.05, 0) is 36.8 Å². The minimum absolute atomic E-state index is 0.0296. The molecule has 1 aromatic rings. The SMILES string of the molecule is O=C(O)C1CCN(C(=O)C2Cc3ccccc3O2)C2CCCC12. The van der Waals surface area contributed by atoms with E-state index in [1.165, 1.54) is 0 Å². The first-order valence-corrected chi connectivity index (χ1v) is 8.43. The molecule has 1 saturated carbocycles. The van der Waals surface area contributed by atoms with E-state index in [9.17, 15) is 14.7 Å². The largest absolute Gasteiger partial charge is 0.481 e. The van der Waals surface area contributed by atoms with Crippen molar-refractivity contribution in [3.8, 4) is 5.75 Å². The fourth-order valence-electron chi connectivity index (χ4n) is 4.57. The summed E-state index contributed by atoms with van der Waals surface area (Å²) < 4.78 is 5.84. The first-order chi connectivity index (χ1) is 11.1. The number of nitrogens with zero attached hydrogens (tertiary/aromatic N) is 1. The lowest BCUT2D eigenvalue weighted by Crippen LogP contribution is -2.54. The molecule has 122 valence electrons. The van der Waals surface area contributed by atoms with Crippen LogP contribution in [0.4, 0.5) is 0 Å². The van der Waals surface area contributed by atoms with E-state index in [4.69, 9.17) is 4.74 Å². The minimum atomic E-state index is -0.710. The third-order valence-electron chi connectivity index (χ3n) is 5.65. The number of benzene rings is 1. The van der Waals surface area contributed by atoms with Crippen molar-refractivity contribution in [2.75, 3.05) is 6.54 Å². The Labute approximate surface area is 135 Å². The molecule has 1 aliphatic carbocycles. The van der Waals surface area contributed by atoms with Crippen molar-refractivity contribution in [2.45, 2.75) is 44.2 Å². The van der Waals surface area contributed by atoms with Crippen molar-refractivity contribution in [3.05, 3.63) is 29.8 Å². The van der Waals surface area contributed by atoms with Gasteiger partial charge in [-0.15, -0.1) is 0 Å². The van der Waals surface area contributed by atoms with E-state index in [2.05, 4.69) is 0 Å². The van der Waals surface area contributed by atoms with Gasteiger partial charge in [-0.1, -0.05) is 24.6 Å². The Bertz CT molecular complexity index is 619. The summed E-state index contributed by atoms with van der Waals surface area (Å²) in [6.07, 6.45) is 3.56. The minimum Gasteiger partial charge on any atom is -0.481 e. The number of carbonyl (C=O) groups excluding carboxylic acids is 1. The number of rotatable bonds is 2. The maximum absolute atomic E-state index is 12.9. The molecule has 0 aromatic heterocycles. The molecular formula is C18H21NO4. The highest BCUT2D eigenvalue weighted by atomic mass is 16.5. The van der Waals surface area contributed by atoms with Crippen LogP contribution in [0.2, 0.25) is 0 Å². The van der Waals surface area contributed by atoms with Gasteiger partial charge in [0.1, 0.15) is 5.75 Å². The topological polar surface area (TPSA) is 66.8 Å². The Morgan fingerprint density at radius 2 is 2.00 bits per heavy atom. The molecule has 23 heavy (non-hydrogen) atoms. The van der Waals surface area contributed by atoms with Gasteiger partial charge in [0.05, 0.1) is 5.92 Å². The third kappa shape index (κ3) is 2.38. The summed E-state index contributed by atoms with van der Waals surface area (Å²) >= 11 is 0. The van der Waals surface area contributed by atoms with Crippen LogP contribution >= 0.6 is 0 Å². The number of aliphatic carboxylic acids is 1. The van der Waals surface area contributed by atoms with Crippen molar-refractivity contribution in [1.82, 2.24) is 4.90 Å². The predicted octanol–water partition coefficient (Wildman–Crippen LogP) is 2.09. The van der Waals surface area contributed by atoms with Gasteiger partial charge in [-0.25, -0.2) is 0 Å². The number of piperidine rings is 1. The van der Waals surface area contributed by atoms with Crippen LogP contribution in [0.15, 0.2) is 24.3 Å². The normalized spacial score (nSPS) is 32.1.